The van der Waals surface area contributed by atoms with Crippen LogP contribution in [0, 0.1) is 31.4 Å². The van der Waals surface area contributed by atoms with Crippen LogP contribution in [0.2, 0.25) is 0 Å². The topological polar surface area (TPSA) is 92.7 Å². The van der Waals surface area contributed by atoms with E-state index in [2.05, 4.69) is 10.2 Å². The van der Waals surface area contributed by atoms with Crippen molar-refractivity contribution < 1.29 is 23.8 Å². The molecule has 1 aliphatic heterocycles. The zero-order valence-electron chi connectivity index (χ0n) is 19.7. The molecule has 1 unspecified atom stereocenters. The molecule has 3 heterocycles. The summed E-state index contributed by atoms with van der Waals surface area (Å²) in [4.78, 5) is 17.1. The van der Waals surface area contributed by atoms with E-state index in [1.54, 1.807) is 4.90 Å². The van der Waals surface area contributed by atoms with Gasteiger partial charge in [-0.15, -0.1) is 11.3 Å². The van der Waals surface area contributed by atoms with Crippen molar-refractivity contribution in [2.24, 2.45) is 5.92 Å². The maximum absolute atomic E-state index is 15.2. The summed E-state index contributed by atoms with van der Waals surface area (Å²) >= 11 is 1.31. The lowest BCUT2D eigenvalue weighted by Gasteiger charge is -2.40. The number of hydrogen-bond donors (Lipinski definition) is 3. The van der Waals surface area contributed by atoms with E-state index in [-0.39, 0.29) is 22.6 Å². The molecule has 0 saturated carbocycles. The number of nitrogens with one attached hydrogen (secondary N) is 1. The van der Waals surface area contributed by atoms with Crippen molar-refractivity contribution in [3.05, 3.63) is 56.7 Å². The van der Waals surface area contributed by atoms with Gasteiger partial charge in [0.05, 0.1) is 17.9 Å². The van der Waals surface area contributed by atoms with E-state index in [9.17, 15) is 19.4 Å². The number of nitrogens with zero attached hydrogens (tertiary/aromatic N) is 3. The first-order valence-corrected chi connectivity index (χ1v) is 11.8. The van der Waals surface area contributed by atoms with Gasteiger partial charge in [0.2, 0.25) is 6.35 Å². The van der Waals surface area contributed by atoms with E-state index in [0.717, 1.165) is 23.0 Å². The third kappa shape index (κ3) is 3.99. The quantitative estimate of drug-likeness (QED) is 0.487. The molecule has 1 amide bonds. The van der Waals surface area contributed by atoms with Crippen LogP contribution in [0.4, 0.5) is 13.8 Å². The van der Waals surface area contributed by atoms with Crippen LogP contribution in [0.3, 0.4) is 0 Å². The molecule has 1 aromatic carbocycles. The molecule has 1 atom stereocenters. The molecule has 182 valence electrons. The number of aryl methyl sites for hydroxylation is 2. The van der Waals surface area contributed by atoms with Crippen molar-refractivity contribution in [2.75, 3.05) is 18.5 Å². The molecular weight excluding hydrogens is 462 g/mol. The molecule has 0 spiro atoms. The van der Waals surface area contributed by atoms with Gasteiger partial charge in [0.25, 0.3) is 5.91 Å². The van der Waals surface area contributed by atoms with Gasteiger partial charge in [0.1, 0.15) is 16.6 Å². The Bertz CT molecular complexity index is 1230. The van der Waals surface area contributed by atoms with Gasteiger partial charge in [0, 0.05) is 58.9 Å². The summed E-state index contributed by atoms with van der Waals surface area (Å²) in [5, 5.41) is 28.2. The molecule has 7 nitrogen and oxygen atoms in total. The number of H-pyrrole nitrogens is 1. The second kappa shape index (κ2) is 9.09. The Labute approximate surface area is 200 Å². The van der Waals surface area contributed by atoms with Crippen LogP contribution >= 0.6 is 11.3 Å². The van der Waals surface area contributed by atoms with Crippen LogP contribution in [-0.4, -0.2) is 51.2 Å². The zero-order chi connectivity index (χ0) is 24.9. The van der Waals surface area contributed by atoms with Crippen molar-refractivity contribution in [2.45, 2.75) is 47.1 Å². The maximum Gasteiger partial charge on any atom is 0.260 e. The first-order chi connectivity index (χ1) is 16.0. The first-order valence-electron chi connectivity index (χ1n) is 11.0. The fourth-order valence-electron chi connectivity index (χ4n) is 4.34. The SMILES string of the molecule is Cc1n[nH]c(C)c1Cc1sc2c(c1-c1cc(CO)c(F)cc1F)C(=O)N(C)C(O)N2CC(C)C. The second-order valence-electron chi connectivity index (χ2n) is 9.06. The number of aromatic amines is 1. The van der Waals surface area contributed by atoms with Crippen LogP contribution in [0.25, 0.3) is 11.1 Å². The number of aromatic nitrogens is 2. The number of amides is 1. The maximum atomic E-state index is 15.2. The predicted molar refractivity (Wildman–Crippen MR) is 127 cm³/mol. The highest BCUT2D eigenvalue weighted by atomic mass is 32.1. The molecule has 3 aromatic rings. The fourth-order valence-corrected chi connectivity index (χ4v) is 5.68. The van der Waals surface area contributed by atoms with E-state index in [0.29, 0.717) is 28.4 Å². The number of carbonyl (C=O) groups excluding carboxylic acids is 1. The Morgan fingerprint density at radius 2 is 1.91 bits per heavy atom. The predicted octanol–water partition coefficient (Wildman–Crippen LogP) is 3.94. The number of anilines is 1. The van der Waals surface area contributed by atoms with Crippen molar-refractivity contribution in [3.63, 3.8) is 0 Å². The summed E-state index contributed by atoms with van der Waals surface area (Å²) in [7, 11) is 1.49. The molecule has 0 bridgehead atoms. The van der Waals surface area contributed by atoms with Crippen molar-refractivity contribution in [3.8, 4) is 11.1 Å². The Morgan fingerprint density at radius 1 is 1.21 bits per heavy atom. The molecule has 0 radical (unpaired) electrons. The Balaban J connectivity index is 2.02. The summed E-state index contributed by atoms with van der Waals surface area (Å²) < 4.78 is 29.4. The van der Waals surface area contributed by atoms with Crippen LogP contribution in [-0.2, 0) is 13.0 Å². The van der Waals surface area contributed by atoms with Gasteiger partial charge in [-0.25, -0.2) is 8.78 Å². The van der Waals surface area contributed by atoms with Crippen LogP contribution in [0.1, 0.15) is 51.6 Å². The summed E-state index contributed by atoms with van der Waals surface area (Å²) in [6.45, 7) is 7.63. The molecular formula is C24H28F2N4O3S. The Morgan fingerprint density at radius 3 is 2.50 bits per heavy atom. The summed E-state index contributed by atoms with van der Waals surface area (Å²) in [6, 6.07) is 2.00. The normalized spacial score (nSPS) is 16.1. The van der Waals surface area contributed by atoms with E-state index in [1.165, 1.54) is 29.4 Å². The average molecular weight is 491 g/mol. The molecule has 4 rings (SSSR count). The molecule has 34 heavy (non-hydrogen) atoms. The number of thiophene rings is 1. The zero-order valence-corrected chi connectivity index (χ0v) is 20.6. The third-order valence-corrected chi connectivity index (χ3v) is 7.37. The van der Waals surface area contributed by atoms with Crippen molar-refractivity contribution in [1.82, 2.24) is 15.1 Å². The largest absolute Gasteiger partial charge is 0.392 e. The van der Waals surface area contributed by atoms with Gasteiger partial charge in [-0.2, -0.15) is 5.10 Å². The molecule has 3 N–H and O–H groups in total. The van der Waals surface area contributed by atoms with Gasteiger partial charge in [-0.3, -0.25) is 14.8 Å². The van der Waals surface area contributed by atoms with Crippen LogP contribution < -0.4 is 4.90 Å². The van der Waals surface area contributed by atoms with Gasteiger partial charge < -0.3 is 15.1 Å². The van der Waals surface area contributed by atoms with E-state index >= 15 is 4.39 Å². The lowest BCUT2D eigenvalue weighted by Crippen LogP contribution is -2.54. The van der Waals surface area contributed by atoms with E-state index in [1.807, 2.05) is 27.7 Å². The lowest BCUT2D eigenvalue weighted by atomic mass is 9.94. The van der Waals surface area contributed by atoms with Gasteiger partial charge in [0.15, 0.2) is 0 Å². The fraction of sp³-hybridized carbons (Fsp3) is 0.417. The van der Waals surface area contributed by atoms with Gasteiger partial charge >= 0.3 is 0 Å². The van der Waals surface area contributed by atoms with E-state index in [4.69, 9.17) is 0 Å². The van der Waals surface area contributed by atoms with Crippen LogP contribution in [0.5, 0.6) is 0 Å². The third-order valence-electron chi connectivity index (χ3n) is 6.14. The minimum atomic E-state index is -1.16. The number of carbonyl (C=O) groups is 1. The molecule has 0 fully saturated rings. The Hall–Kier alpha value is -2.82. The average Bonchev–Trinajstić information content (AvgIpc) is 3.30. The number of rotatable bonds is 6. The van der Waals surface area contributed by atoms with E-state index < -0.39 is 30.5 Å². The smallest absolute Gasteiger partial charge is 0.260 e. The number of hydrogen-bond acceptors (Lipinski definition) is 6. The highest BCUT2D eigenvalue weighted by Gasteiger charge is 2.40. The van der Waals surface area contributed by atoms with Crippen molar-refractivity contribution in [1.29, 1.82) is 0 Å². The number of fused-ring (bicyclic) bond motifs is 1. The first kappa shape index (κ1) is 24.3. The number of halogens is 2. The lowest BCUT2D eigenvalue weighted by molar-refractivity contribution is 0.0133. The standard InChI is InChI=1S/C24H28F2N4O3S/c1-11(2)9-30-23-21(22(32)29(5)24(30)33)20(16-6-14(10-31)17(25)8-18(16)26)19(34-23)7-15-12(3)27-28-13(15)4/h6,8,11,24,31,33H,7,9-10H2,1-5H3,(H,27,28). The number of aliphatic hydroxyl groups is 2. The molecule has 2 aromatic heterocycles. The Kier molecular flexibility index (Phi) is 6.50. The minimum absolute atomic E-state index is 0.0411. The molecule has 0 aliphatic carbocycles. The summed E-state index contributed by atoms with van der Waals surface area (Å²) in [6.07, 6.45) is -0.792. The molecule has 10 heteroatoms. The van der Waals surface area contributed by atoms with Crippen LogP contribution in [0.15, 0.2) is 12.1 Å². The molecule has 1 aliphatic rings. The molecule has 0 saturated heterocycles. The number of aliphatic hydroxyl groups excluding tert-OH is 2. The highest BCUT2D eigenvalue weighted by molar-refractivity contribution is 7.17. The minimum Gasteiger partial charge on any atom is -0.392 e. The summed E-state index contributed by atoms with van der Waals surface area (Å²) in [5.41, 5.74) is 3.15. The van der Waals surface area contributed by atoms with Crippen molar-refractivity contribution >= 4 is 22.2 Å². The van der Waals surface area contributed by atoms with Gasteiger partial charge in [-0.1, -0.05) is 13.8 Å². The van der Waals surface area contributed by atoms with Gasteiger partial charge in [-0.05, 0) is 25.8 Å². The number of benzene rings is 1. The highest BCUT2D eigenvalue weighted by Crippen LogP contribution is 2.48. The monoisotopic (exact) mass is 490 g/mol. The summed E-state index contributed by atoms with van der Waals surface area (Å²) in [5.74, 6) is -1.94. The second-order valence-corrected chi connectivity index (χ2v) is 10.1.